The lowest BCUT2D eigenvalue weighted by Gasteiger charge is -2.29. The molecule has 2 unspecified atom stereocenters. The van der Waals surface area contributed by atoms with E-state index in [0.29, 0.717) is 6.04 Å². The quantitative estimate of drug-likeness (QED) is 0.824. The SMILES string of the molecule is CCCC1CCCN(C(CN)c2cc(Br)c(C)s2)CC1. The van der Waals surface area contributed by atoms with Crippen LogP contribution < -0.4 is 5.73 Å². The van der Waals surface area contributed by atoms with Crippen LogP contribution in [0, 0.1) is 12.8 Å². The van der Waals surface area contributed by atoms with E-state index in [-0.39, 0.29) is 0 Å². The summed E-state index contributed by atoms with van der Waals surface area (Å²) < 4.78 is 1.23. The Morgan fingerprint density at radius 2 is 2.25 bits per heavy atom. The highest BCUT2D eigenvalue weighted by molar-refractivity contribution is 9.10. The molecular weight excluding hydrogens is 332 g/mol. The molecule has 0 amide bonds. The minimum absolute atomic E-state index is 0.408. The molecule has 0 aromatic carbocycles. The van der Waals surface area contributed by atoms with Gasteiger partial charge in [-0.05, 0) is 67.2 Å². The highest BCUT2D eigenvalue weighted by Crippen LogP contribution is 2.34. The second-order valence-corrected chi connectivity index (χ2v) is 8.07. The molecule has 0 radical (unpaired) electrons. The Hall–Kier alpha value is 0.1000. The molecule has 2 rings (SSSR count). The van der Waals surface area contributed by atoms with Gasteiger partial charge in [-0.1, -0.05) is 19.8 Å². The van der Waals surface area contributed by atoms with E-state index in [2.05, 4.69) is 40.7 Å². The molecule has 2 N–H and O–H groups in total. The van der Waals surface area contributed by atoms with Crippen LogP contribution in [0.1, 0.15) is 54.8 Å². The molecule has 0 bridgehead atoms. The number of hydrogen-bond acceptors (Lipinski definition) is 3. The van der Waals surface area contributed by atoms with Gasteiger partial charge in [-0.25, -0.2) is 0 Å². The summed E-state index contributed by atoms with van der Waals surface area (Å²) in [5, 5.41) is 0. The standard InChI is InChI=1S/C16H27BrN2S/c1-3-5-13-6-4-8-19(9-7-13)15(11-18)16-10-14(17)12(2)20-16/h10,13,15H,3-9,11,18H2,1-2H3. The van der Waals surface area contributed by atoms with Crippen LogP contribution in [0.4, 0.5) is 0 Å². The van der Waals surface area contributed by atoms with Crippen molar-refractivity contribution in [3.05, 3.63) is 20.3 Å². The molecule has 2 atom stereocenters. The van der Waals surface area contributed by atoms with E-state index in [0.717, 1.165) is 12.5 Å². The summed E-state index contributed by atoms with van der Waals surface area (Å²) in [6.07, 6.45) is 6.78. The summed E-state index contributed by atoms with van der Waals surface area (Å²) in [5.74, 6) is 0.931. The zero-order valence-electron chi connectivity index (χ0n) is 12.7. The Bertz CT molecular complexity index is 399. The third-order valence-electron chi connectivity index (χ3n) is 4.45. The first-order valence-electron chi connectivity index (χ1n) is 7.85. The highest BCUT2D eigenvalue weighted by Gasteiger charge is 2.24. The fourth-order valence-corrected chi connectivity index (χ4v) is 5.00. The first kappa shape index (κ1) is 16.5. The molecule has 20 heavy (non-hydrogen) atoms. The monoisotopic (exact) mass is 358 g/mol. The normalized spacial score (nSPS) is 22.7. The lowest BCUT2D eigenvalue weighted by atomic mass is 9.96. The number of nitrogens with zero attached hydrogens (tertiary/aromatic N) is 1. The van der Waals surface area contributed by atoms with E-state index >= 15 is 0 Å². The van der Waals surface area contributed by atoms with Crippen molar-refractivity contribution in [2.75, 3.05) is 19.6 Å². The molecule has 1 saturated heterocycles. The molecule has 1 aromatic rings. The van der Waals surface area contributed by atoms with Crippen LogP contribution in [0.15, 0.2) is 10.5 Å². The van der Waals surface area contributed by atoms with Gasteiger partial charge in [-0.3, -0.25) is 4.90 Å². The maximum atomic E-state index is 6.09. The maximum absolute atomic E-state index is 6.09. The van der Waals surface area contributed by atoms with Gasteiger partial charge < -0.3 is 5.73 Å². The molecule has 4 heteroatoms. The van der Waals surface area contributed by atoms with Crippen LogP contribution in [0.5, 0.6) is 0 Å². The largest absolute Gasteiger partial charge is 0.329 e. The molecule has 2 nitrogen and oxygen atoms in total. The predicted molar refractivity (Wildman–Crippen MR) is 92.4 cm³/mol. The Morgan fingerprint density at radius 3 is 2.85 bits per heavy atom. The van der Waals surface area contributed by atoms with Gasteiger partial charge in [0.2, 0.25) is 0 Å². The second kappa shape index (κ2) is 7.92. The van der Waals surface area contributed by atoms with Crippen LogP contribution in [-0.2, 0) is 0 Å². The van der Waals surface area contributed by atoms with Crippen molar-refractivity contribution in [2.45, 2.75) is 52.0 Å². The Balaban J connectivity index is 2.04. The molecule has 1 aromatic heterocycles. The van der Waals surface area contributed by atoms with Crippen molar-refractivity contribution in [3.63, 3.8) is 0 Å². The lowest BCUT2D eigenvalue weighted by Crippen LogP contribution is -2.34. The molecule has 0 saturated carbocycles. The topological polar surface area (TPSA) is 29.3 Å². The summed E-state index contributed by atoms with van der Waals surface area (Å²) >= 11 is 5.52. The smallest absolute Gasteiger partial charge is 0.0564 e. The van der Waals surface area contributed by atoms with Gasteiger partial charge >= 0.3 is 0 Å². The van der Waals surface area contributed by atoms with Crippen molar-refractivity contribution < 1.29 is 0 Å². The van der Waals surface area contributed by atoms with Crippen molar-refractivity contribution in [3.8, 4) is 0 Å². The minimum atomic E-state index is 0.408. The first-order valence-corrected chi connectivity index (χ1v) is 9.46. The van der Waals surface area contributed by atoms with Crippen molar-refractivity contribution >= 4 is 27.3 Å². The molecule has 1 fully saturated rings. The van der Waals surface area contributed by atoms with E-state index in [1.54, 1.807) is 0 Å². The van der Waals surface area contributed by atoms with Gasteiger partial charge in [0.05, 0.1) is 6.04 Å². The summed E-state index contributed by atoms with van der Waals surface area (Å²) in [4.78, 5) is 5.40. The number of hydrogen-bond donors (Lipinski definition) is 1. The van der Waals surface area contributed by atoms with Gasteiger partial charge in [-0.2, -0.15) is 0 Å². The van der Waals surface area contributed by atoms with E-state index in [9.17, 15) is 0 Å². The number of aryl methyl sites for hydroxylation is 1. The molecule has 2 heterocycles. The van der Waals surface area contributed by atoms with E-state index in [1.807, 2.05) is 11.3 Å². The average Bonchev–Trinajstić information content (AvgIpc) is 2.64. The second-order valence-electron chi connectivity index (χ2n) is 5.93. The Morgan fingerprint density at radius 1 is 1.45 bits per heavy atom. The predicted octanol–water partition coefficient (Wildman–Crippen LogP) is 4.72. The number of rotatable bonds is 5. The van der Waals surface area contributed by atoms with Crippen molar-refractivity contribution in [2.24, 2.45) is 11.7 Å². The summed E-state index contributed by atoms with van der Waals surface area (Å²) in [5.41, 5.74) is 6.09. The summed E-state index contributed by atoms with van der Waals surface area (Å²) in [6, 6.07) is 2.68. The van der Waals surface area contributed by atoms with Crippen LogP contribution >= 0.6 is 27.3 Å². The number of halogens is 1. The minimum Gasteiger partial charge on any atom is -0.329 e. The Kier molecular flexibility index (Phi) is 6.53. The third kappa shape index (κ3) is 4.06. The maximum Gasteiger partial charge on any atom is 0.0564 e. The molecule has 0 aliphatic carbocycles. The zero-order chi connectivity index (χ0) is 14.5. The van der Waals surface area contributed by atoms with Crippen LogP contribution in [-0.4, -0.2) is 24.5 Å². The van der Waals surface area contributed by atoms with Crippen molar-refractivity contribution in [1.82, 2.24) is 4.90 Å². The van der Waals surface area contributed by atoms with E-state index < -0.39 is 0 Å². The molecule has 0 spiro atoms. The number of likely N-dealkylation sites (tertiary alicyclic amines) is 1. The van der Waals surface area contributed by atoms with Gasteiger partial charge in [0.25, 0.3) is 0 Å². The van der Waals surface area contributed by atoms with Gasteiger partial charge in [-0.15, -0.1) is 11.3 Å². The van der Waals surface area contributed by atoms with Crippen LogP contribution in [0.3, 0.4) is 0 Å². The van der Waals surface area contributed by atoms with Crippen molar-refractivity contribution in [1.29, 1.82) is 0 Å². The number of nitrogens with two attached hydrogens (primary N) is 1. The fourth-order valence-electron chi connectivity index (χ4n) is 3.29. The fraction of sp³-hybridized carbons (Fsp3) is 0.750. The summed E-state index contributed by atoms with van der Waals surface area (Å²) in [6.45, 7) is 7.62. The molecule has 1 aliphatic rings. The highest BCUT2D eigenvalue weighted by atomic mass is 79.9. The third-order valence-corrected chi connectivity index (χ3v) is 6.69. The van der Waals surface area contributed by atoms with Gasteiger partial charge in [0.1, 0.15) is 0 Å². The Labute approximate surface area is 135 Å². The number of thiophene rings is 1. The average molecular weight is 359 g/mol. The molecular formula is C16H27BrN2S. The van der Waals surface area contributed by atoms with Gasteiger partial charge in [0.15, 0.2) is 0 Å². The van der Waals surface area contributed by atoms with Crippen LogP contribution in [0.25, 0.3) is 0 Å². The summed E-state index contributed by atoms with van der Waals surface area (Å²) in [7, 11) is 0. The zero-order valence-corrected chi connectivity index (χ0v) is 15.1. The molecule has 1 aliphatic heterocycles. The van der Waals surface area contributed by atoms with Gasteiger partial charge in [0, 0.05) is 20.8 Å². The molecule has 114 valence electrons. The van der Waals surface area contributed by atoms with E-state index in [1.165, 1.54) is 59.4 Å². The lowest BCUT2D eigenvalue weighted by molar-refractivity contribution is 0.209. The van der Waals surface area contributed by atoms with E-state index in [4.69, 9.17) is 5.73 Å². The van der Waals surface area contributed by atoms with Crippen LogP contribution in [0.2, 0.25) is 0 Å². The first-order chi connectivity index (χ1) is 9.65.